The SMILES string of the molecule is Cc1ccc(OCCS(=O)(=O)C(C)(C)C)c(S(=O)(=O)Cl)c1. The van der Waals surface area contributed by atoms with E-state index in [-0.39, 0.29) is 23.0 Å². The van der Waals surface area contributed by atoms with Crippen LogP contribution in [0.2, 0.25) is 0 Å². The van der Waals surface area contributed by atoms with Crippen molar-refractivity contribution < 1.29 is 21.6 Å². The molecule has 1 rings (SSSR count). The summed E-state index contributed by atoms with van der Waals surface area (Å²) < 4.78 is 51.3. The molecule has 0 fully saturated rings. The first kappa shape index (κ1) is 18.3. The Balaban J connectivity index is 2.92. The van der Waals surface area contributed by atoms with Crippen molar-refractivity contribution in [3.63, 3.8) is 0 Å². The zero-order valence-electron chi connectivity index (χ0n) is 12.4. The molecule has 0 aliphatic heterocycles. The number of ether oxygens (including phenoxy) is 1. The van der Waals surface area contributed by atoms with Crippen LogP contribution in [-0.2, 0) is 18.9 Å². The molecule has 120 valence electrons. The van der Waals surface area contributed by atoms with Crippen molar-refractivity contribution in [2.24, 2.45) is 0 Å². The molecule has 0 amide bonds. The molecule has 0 saturated carbocycles. The Morgan fingerprint density at radius 2 is 1.71 bits per heavy atom. The summed E-state index contributed by atoms with van der Waals surface area (Å²) in [6.07, 6.45) is 0. The second kappa shape index (κ2) is 6.14. The summed E-state index contributed by atoms with van der Waals surface area (Å²) in [7, 11) is -1.93. The minimum Gasteiger partial charge on any atom is -0.491 e. The van der Waals surface area contributed by atoms with E-state index in [1.54, 1.807) is 33.8 Å². The molecule has 5 nitrogen and oxygen atoms in total. The number of rotatable bonds is 5. The fourth-order valence-electron chi connectivity index (χ4n) is 1.49. The Bertz CT molecular complexity index is 715. The van der Waals surface area contributed by atoms with Crippen LogP contribution in [0.5, 0.6) is 5.75 Å². The molecule has 1 aromatic carbocycles. The van der Waals surface area contributed by atoms with Crippen LogP contribution in [-0.4, -0.2) is 33.9 Å². The van der Waals surface area contributed by atoms with Gasteiger partial charge in [-0.3, -0.25) is 0 Å². The molecule has 0 radical (unpaired) electrons. The van der Waals surface area contributed by atoms with E-state index >= 15 is 0 Å². The van der Waals surface area contributed by atoms with Crippen LogP contribution >= 0.6 is 10.7 Å². The third kappa shape index (κ3) is 4.86. The fourth-order valence-corrected chi connectivity index (χ4v) is 3.46. The monoisotopic (exact) mass is 354 g/mol. The number of benzene rings is 1. The fraction of sp³-hybridized carbons (Fsp3) is 0.538. The molecule has 0 aliphatic carbocycles. The Hall–Kier alpha value is -0.790. The first-order valence-electron chi connectivity index (χ1n) is 6.25. The molecule has 0 spiro atoms. The zero-order valence-corrected chi connectivity index (χ0v) is 14.8. The van der Waals surface area contributed by atoms with Crippen LogP contribution in [0.15, 0.2) is 23.1 Å². The molecular weight excluding hydrogens is 336 g/mol. The highest BCUT2D eigenvalue weighted by Crippen LogP contribution is 2.28. The maximum absolute atomic E-state index is 12.0. The molecule has 0 heterocycles. The first-order chi connectivity index (χ1) is 9.34. The lowest BCUT2D eigenvalue weighted by atomic mass is 10.2. The number of aryl methyl sites for hydroxylation is 1. The highest BCUT2D eigenvalue weighted by atomic mass is 35.7. The predicted octanol–water partition coefficient (Wildman–Crippen LogP) is 2.51. The predicted molar refractivity (Wildman–Crippen MR) is 83.3 cm³/mol. The lowest BCUT2D eigenvalue weighted by Gasteiger charge is -2.19. The smallest absolute Gasteiger partial charge is 0.264 e. The number of hydrogen-bond acceptors (Lipinski definition) is 5. The van der Waals surface area contributed by atoms with E-state index in [0.717, 1.165) is 0 Å². The summed E-state index contributed by atoms with van der Waals surface area (Å²) in [5.41, 5.74) is 0.712. The summed E-state index contributed by atoms with van der Waals surface area (Å²) in [6, 6.07) is 4.52. The van der Waals surface area contributed by atoms with Gasteiger partial charge in [-0.2, -0.15) is 0 Å². The average molecular weight is 355 g/mol. The van der Waals surface area contributed by atoms with Crippen LogP contribution in [0.3, 0.4) is 0 Å². The van der Waals surface area contributed by atoms with Crippen LogP contribution in [0.25, 0.3) is 0 Å². The minimum atomic E-state index is -3.95. The lowest BCUT2D eigenvalue weighted by Crippen LogP contribution is -2.32. The van der Waals surface area contributed by atoms with Crippen molar-refractivity contribution in [1.82, 2.24) is 0 Å². The van der Waals surface area contributed by atoms with Crippen molar-refractivity contribution in [2.45, 2.75) is 37.3 Å². The van der Waals surface area contributed by atoms with E-state index in [4.69, 9.17) is 15.4 Å². The van der Waals surface area contributed by atoms with Gasteiger partial charge in [0.1, 0.15) is 17.3 Å². The van der Waals surface area contributed by atoms with E-state index < -0.39 is 23.6 Å². The van der Waals surface area contributed by atoms with Gasteiger partial charge < -0.3 is 4.74 Å². The van der Waals surface area contributed by atoms with Crippen LogP contribution in [0, 0.1) is 6.92 Å². The minimum absolute atomic E-state index is 0.0553. The maximum Gasteiger partial charge on any atom is 0.264 e. The van der Waals surface area contributed by atoms with Crippen LogP contribution in [0.1, 0.15) is 26.3 Å². The van der Waals surface area contributed by atoms with Crippen LogP contribution < -0.4 is 4.74 Å². The van der Waals surface area contributed by atoms with E-state index in [2.05, 4.69) is 0 Å². The normalized spacial score (nSPS) is 13.2. The van der Waals surface area contributed by atoms with Gasteiger partial charge in [0, 0.05) is 10.7 Å². The van der Waals surface area contributed by atoms with E-state index in [1.165, 1.54) is 12.1 Å². The van der Waals surface area contributed by atoms with Crippen molar-refractivity contribution in [3.05, 3.63) is 23.8 Å². The van der Waals surface area contributed by atoms with Crippen LogP contribution in [0.4, 0.5) is 0 Å². The second-order valence-corrected chi connectivity index (χ2v) is 11.1. The molecule has 1 aromatic rings. The van der Waals surface area contributed by atoms with Gasteiger partial charge in [0.25, 0.3) is 9.05 Å². The van der Waals surface area contributed by atoms with Gasteiger partial charge in [0.05, 0.1) is 10.5 Å². The summed E-state index contributed by atoms with van der Waals surface area (Å²) in [6.45, 7) is 6.38. The van der Waals surface area contributed by atoms with E-state index in [9.17, 15) is 16.8 Å². The lowest BCUT2D eigenvalue weighted by molar-refractivity contribution is 0.331. The van der Waals surface area contributed by atoms with Gasteiger partial charge in [-0.15, -0.1) is 0 Å². The molecule has 0 atom stereocenters. The molecule has 0 N–H and O–H groups in total. The molecular formula is C13H19ClO5S2. The Kier molecular flexibility index (Phi) is 5.34. The van der Waals surface area contributed by atoms with Crippen molar-refractivity contribution in [1.29, 1.82) is 0 Å². The van der Waals surface area contributed by atoms with E-state index in [1.807, 2.05) is 0 Å². The van der Waals surface area contributed by atoms with Gasteiger partial charge in [-0.1, -0.05) is 6.07 Å². The van der Waals surface area contributed by atoms with Gasteiger partial charge in [0.2, 0.25) is 0 Å². The highest BCUT2D eigenvalue weighted by Gasteiger charge is 2.28. The average Bonchev–Trinajstić information content (AvgIpc) is 2.28. The third-order valence-corrected chi connectivity index (χ3v) is 6.82. The molecule has 21 heavy (non-hydrogen) atoms. The van der Waals surface area contributed by atoms with Gasteiger partial charge in [0.15, 0.2) is 9.84 Å². The molecule has 0 aliphatic rings. The molecule has 0 aromatic heterocycles. The van der Waals surface area contributed by atoms with Gasteiger partial charge in [-0.25, -0.2) is 16.8 Å². The Labute approximate surface area is 130 Å². The number of hydrogen-bond donors (Lipinski definition) is 0. The Morgan fingerprint density at radius 1 is 1.14 bits per heavy atom. The summed E-state index contributed by atoms with van der Waals surface area (Å²) in [4.78, 5) is -0.155. The van der Waals surface area contributed by atoms with Crippen molar-refractivity contribution in [3.8, 4) is 5.75 Å². The molecule has 0 bridgehead atoms. The van der Waals surface area contributed by atoms with Crippen molar-refractivity contribution >= 4 is 29.6 Å². The number of sulfone groups is 1. The van der Waals surface area contributed by atoms with Gasteiger partial charge >= 0.3 is 0 Å². The summed E-state index contributed by atoms with van der Waals surface area (Å²) in [5, 5.41) is 0. The standard InChI is InChI=1S/C13H19ClO5S2/c1-10-5-6-11(12(9-10)21(14,17)18)19-7-8-20(15,16)13(2,3)4/h5-6,9H,7-8H2,1-4H3. The summed E-state index contributed by atoms with van der Waals surface area (Å²) >= 11 is 0. The second-order valence-electron chi connectivity index (χ2n) is 5.67. The molecule has 0 unspecified atom stereocenters. The third-order valence-electron chi connectivity index (χ3n) is 2.90. The maximum atomic E-state index is 12.0. The summed E-state index contributed by atoms with van der Waals surface area (Å²) in [5.74, 6) is -0.147. The van der Waals surface area contributed by atoms with E-state index in [0.29, 0.717) is 5.56 Å². The zero-order chi connectivity index (χ0) is 16.5. The topological polar surface area (TPSA) is 77.5 Å². The molecule has 8 heteroatoms. The molecule has 0 saturated heterocycles. The number of halogens is 1. The largest absolute Gasteiger partial charge is 0.491 e. The Morgan fingerprint density at radius 3 is 2.19 bits per heavy atom. The van der Waals surface area contributed by atoms with Crippen molar-refractivity contribution in [2.75, 3.05) is 12.4 Å². The first-order valence-corrected chi connectivity index (χ1v) is 10.2. The van der Waals surface area contributed by atoms with Gasteiger partial charge in [-0.05, 0) is 45.4 Å². The highest BCUT2D eigenvalue weighted by molar-refractivity contribution is 8.13. The quantitative estimate of drug-likeness (QED) is 0.759.